The number of anilines is 2. The molecule has 0 radical (unpaired) electrons. The largest absolute Gasteiger partial charge is 0.350 e. The van der Waals surface area contributed by atoms with Gasteiger partial charge < -0.3 is 10.2 Å². The average Bonchev–Trinajstić information content (AvgIpc) is 2.98. The lowest BCUT2D eigenvalue weighted by Crippen LogP contribution is -2.39. The molecule has 2 aromatic carbocycles. The minimum absolute atomic E-state index is 0.0232. The molecule has 1 N–H and O–H groups in total. The molecule has 1 saturated heterocycles. The number of hydrogen-bond acceptors (Lipinski definition) is 4. The van der Waals surface area contributed by atoms with Crippen LogP contribution >= 0.6 is 11.6 Å². The molecule has 0 aromatic heterocycles. The Morgan fingerprint density at radius 2 is 1.74 bits per heavy atom. The van der Waals surface area contributed by atoms with Gasteiger partial charge in [0, 0.05) is 24.3 Å². The highest BCUT2D eigenvalue weighted by Gasteiger charge is 2.39. The quantitative estimate of drug-likeness (QED) is 0.724. The maximum atomic E-state index is 13.2. The Bertz CT molecular complexity index is 1070. The van der Waals surface area contributed by atoms with Gasteiger partial charge in [-0.2, -0.15) is 0 Å². The number of nitrogens with zero attached hydrogens (tertiary/aromatic N) is 2. The molecule has 1 atom stereocenters. The van der Waals surface area contributed by atoms with Crippen molar-refractivity contribution < 1.29 is 18.8 Å². The molecule has 0 saturated carbocycles. The number of imide groups is 1. The smallest absolute Gasteiger partial charge is 0.283 e. The molecule has 2 aromatic rings. The van der Waals surface area contributed by atoms with E-state index in [2.05, 4.69) is 12.2 Å². The van der Waals surface area contributed by atoms with Crippen LogP contribution < -0.4 is 10.2 Å². The molecule has 4 rings (SSSR count). The van der Waals surface area contributed by atoms with Gasteiger partial charge in [-0.1, -0.05) is 18.5 Å². The maximum absolute atomic E-state index is 13.2. The Morgan fingerprint density at radius 1 is 1.06 bits per heavy atom. The van der Waals surface area contributed by atoms with Crippen LogP contribution in [-0.4, -0.2) is 35.7 Å². The van der Waals surface area contributed by atoms with Crippen LogP contribution in [0.5, 0.6) is 0 Å². The third-order valence-corrected chi connectivity index (χ3v) is 5.81. The van der Waals surface area contributed by atoms with E-state index in [4.69, 9.17) is 11.6 Å². The summed E-state index contributed by atoms with van der Waals surface area (Å²) in [6, 6.07) is 11.7. The Kier molecular flexibility index (Phi) is 5.78. The lowest BCUT2D eigenvalue weighted by molar-refractivity contribution is -0.120. The molecule has 2 heterocycles. The molecule has 1 unspecified atom stereocenters. The van der Waals surface area contributed by atoms with Crippen molar-refractivity contribution in [1.29, 1.82) is 0 Å². The summed E-state index contributed by atoms with van der Waals surface area (Å²) in [6.45, 7) is 3.64. The van der Waals surface area contributed by atoms with Crippen LogP contribution in [0.2, 0.25) is 0 Å². The number of benzene rings is 2. The first-order valence-electron chi connectivity index (χ1n) is 10.1. The fourth-order valence-electron chi connectivity index (χ4n) is 3.83. The normalized spacial score (nSPS) is 19.3. The second-order valence-electron chi connectivity index (χ2n) is 7.81. The molecule has 0 bridgehead atoms. The molecule has 2 aliphatic rings. The van der Waals surface area contributed by atoms with E-state index in [-0.39, 0.29) is 22.3 Å². The summed E-state index contributed by atoms with van der Waals surface area (Å²) >= 11 is 6.12. The van der Waals surface area contributed by atoms with Crippen molar-refractivity contribution in [3.05, 3.63) is 70.6 Å². The second kappa shape index (κ2) is 8.51. The van der Waals surface area contributed by atoms with Crippen LogP contribution in [0.25, 0.3) is 0 Å². The van der Waals surface area contributed by atoms with E-state index in [1.807, 2.05) is 4.90 Å². The molecule has 3 amide bonds. The summed E-state index contributed by atoms with van der Waals surface area (Å²) in [4.78, 5) is 40.7. The van der Waals surface area contributed by atoms with Crippen LogP contribution in [0.1, 0.15) is 30.1 Å². The average molecular weight is 442 g/mol. The van der Waals surface area contributed by atoms with Gasteiger partial charge in [0.25, 0.3) is 17.7 Å². The van der Waals surface area contributed by atoms with Crippen LogP contribution in [0.15, 0.2) is 59.3 Å². The number of likely N-dealkylation sites (tertiary alicyclic amines) is 1. The molecule has 0 aliphatic carbocycles. The van der Waals surface area contributed by atoms with Gasteiger partial charge >= 0.3 is 0 Å². The standard InChI is InChI=1S/C23H21ClFN3O3/c1-14-3-2-12-27(13-14)21(29)15-4-8-17(9-5-15)26-20-19(24)22(30)28(23(20)31)18-10-6-16(25)7-11-18/h4-11,14,26H,2-3,12-13H2,1H3. The molecule has 2 aliphatic heterocycles. The van der Waals surface area contributed by atoms with Gasteiger partial charge in [0.15, 0.2) is 0 Å². The Balaban J connectivity index is 1.48. The molecule has 0 spiro atoms. The van der Waals surface area contributed by atoms with E-state index >= 15 is 0 Å². The van der Waals surface area contributed by atoms with Crippen molar-refractivity contribution >= 4 is 40.7 Å². The number of carbonyl (C=O) groups is 3. The summed E-state index contributed by atoms with van der Waals surface area (Å²) < 4.78 is 13.2. The van der Waals surface area contributed by atoms with Gasteiger partial charge in [-0.3, -0.25) is 14.4 Å². The van der Waals surface area contributed by atoms with Gasteiger partial charge in [-0.15, -0.1) is 0 Å². The minimum atomic E-state index is -0.688. The van der Waals surface area contributed by atoms with Gasteiger partial charge in [0.2, 0.25) is 0 Å². The van der Waals surface area contributed by atoms with Crippen molar-refractivity contribution in [3.8, 4) is 0 Å². The van der Waals surface area contributed by atoms with Crippen molar-refractivity contribution in [1.82, 2.24) is 4.90 Å². The Morgan fingerprint density at radius 3 is 2.39 bits per heavy atom. The highest BCUT2D eigenvalue weighted by Crippen LogP contribution is 2.30. The van der Waals surface area contributed by atoms with E-state index in [1.54, 1.807) is 24.3 Å². The van der Waals surface area contributed by atoms with E-state index in [1.165, 1.54) is 12.1 Å². The van der Waals surface area contributed by atoms with Crippen molar-refractivity contribution in [2.45, 2.75) is 19.8 Å². The number of rotatable bonds is 4. The van der Waals surface area contributed by atoms with Crippen LogP contribution in [-0.2, 0) is 9.59 Å². The highest BCUT2D eigenvalue weighted by atomic mass is 35.5. The lowest BCUT2D eigenvalue weighted by Gasteiger charge is -2.31. The van der Waals surface area contributed by atoms with Crippen LogP contribution in [0, 0.1) is 11.7 Å². The van der Waals surface area contributed by atoms with Crippen molar-refractivity contribution in [3.63, 3.8) is 0 Å². The van der Waals surface area contributed by atoms with E-state index < -0.39 is 17.6 Å². The van der Waals surface area contributed by atoms with E-state index in [0.717, 1.165) is 43.0 Å². The fourth-order valence-corrected chi connectivity index (χ4v) is 4.05. The first-order valence-corrected chi connectivity index (χ1v) is 10.4. The third kappa shape index (κ3) is 4.18. The number of piperidine rings is 1. The SMILES string of the molecule is CC1CCCN(C(=O)c2ccc(NC3=C(Cl)C(=O)N(c4ccc(F)cc4)C3=O)cc2)C1. The molecule has 31 heavy (non-hydrogen) atoms. The molecular weight excluding hydrogens is 421 g/mol. The van der Waals surface area contributed by atoms with Gasteiger partial charge in [-0.05, 0) is 67.3 Å². The molecule has 6 nitrogen and oxygen atoms in total. The number of amides is 3. The van der Waals surface area contributed by atoms with Crippen molar-refractivity contribution in [2.75, 3.05) is 23.3 Å². The second-order valence-corrected chi connectivity index (χ2v) is 8.19. The van der Waals surface area contributed by atoms with Gasteiger partial charge in [0.1, 0.15) is 16.5 Å². The van der Waals surface area contributed by atoms with Gasteiger partial charge in [-0.25, -0.2) is 9.29 Å². The minimum Gasteiger partial charge on any atom is -0.350 e. The first-order chi connectivity index (χ1) is 14.8. The zero-order chi connectivity index (χ0) is 22.1. The van der Waals surface area contributed by atoms with Crippen LogP contribution in [0.4, 0.5) is 15.8 Å². The van der Waals surface area contributed by atoms with E-state index in [0.29, 0.717) is 17.2 Å². The molecular formula is C23H21ClFN3O3. The van der Waals surface area contributed by atoms with Gasteiger partial charge in [0.05, 0.1) is 5.69 Å². The zero-order valence-corrected chi connectivity index (χ0v) is 17.7. The predicted molar refractivity (Wildman–Crippen MR) is 116 cm³/mol. The Labute approximate surface area is 184 Å². The third-order valence-electron chi connectivity index (χ3n) is 5.46. The van der Waals surface area contributed by atoms with Crippen molar-refractivity contribution in [2.24, 2.45) is 5.92 Å². The molecule has 1 fully saturated rings. The van der Waals surface area contributed by atoms with Crippen LogP contribution in [0.3, 0.4) is 0 Å². The Hall–Kier alpha value is -3.19. The molecule has 8 heteroatoms. The fraction of sp³-hybridized carbons (Fsp3) is 0.261. The topological polar surface area (TPSA) is 69.7 Å². The molecule has 160 valence electrons. The summed E-state index contributed by atoms with van der Waals surface area (Å²) in [5.41, 5.74) is 1.23. The first kappa shape index (κ1) is 21.1. The van der Waals surface area contributed by atoms with E-state index in [9.17, 15) is 18.8 Å². The number of carbonyl (C=O) groups excluding carboxylic acids is 3. The monoisotopic (exact) mass is 441 g/mol. The number of hydrogen-bond donors (Lipinski definition) is 1. The predicted octanol–water partition coefficient (Wildman–Crippen LogP) is 4.13. The highest BCUT2D eigenvalue weighted by molar-refractivity contribution is 6.53. The summed E-state index contributed by atoms with van der Waals surface area (Å²) in [7, 11) is 0. The zero-order valence-electron chi connectivity index (χ0n) is 16.9. The maximum Gasteiger partial charge on any atom is 0.283 e. The summed E-state index contributed by atoms with van der Waals surface area (Å²) in [5.74, 6) is -1.34. The lowest BCUT2D eigenvalue weighted by atomic mass is 9.99. The number of nitrogens with one attached hydrogen (secondary N) is 1. The summed E-state index contributed by atoms with van der Waals surface area (Å²) in [5, 5.41) is 2.62. The number of halogens is 2. The summed E-state index contributed by atoms with van der Waals surface area (Å²) in [6.07, 6.45) is 2.13.